The molecular formula is C15H17NO2. The van der Waals surface area contributed by atoms with E-state index in [0.717, 1.165) is 12.0 Å². The Morgan fingerprint density at radius 1 is 0.833 bits per heavy atom. The van der Waals surface area contributed by atoms with E-state index in [1.54, 1.807) is 12.1 Å². The summed E-state index contributed by atoms with van der Waals surface area (Å²) in [4.78, 5) is 0. The largest absolute Gasteiger partial charge is 0.504 e. The number of benzene rings is 2. The summed E-state index contributed by atoms with van der Waals surface area (Å²) < 4.78 is 0. The monoisotopic (exact) mass is 243 g/mol. The number of nitrogens with two attached hydrogens (primary N) is 1. The average Bonchev–Trinajstić information content (AvgIpc) is 2.35. The normalized spacial score (nSPS) is 12.3. The zero-order valence-corrected chi connectivity index (χ0v) is 10.1. The lowest BCUT2D eigenvalue weighted by molar-refractivity contribution is 0.403. The summed E-state index contributed by atoms with van der Waals surface area (Å²) in [5, 5.41) is 18.6. The summed E-state index contributed by atoms with van der Waals surface area (Å²) >= 11 is 0. The zero-order chi connectivity index (χ0) is 13.0. The molecule has 0 amide bonds. The molecule has 0 aliphatic carbocycles. The van der Waals surface area contributed by atoms with Gasteiger partial charge in [-0.15, -0.1) is 0 Å². The Labute approximate surface area is 107 Å². The van der Waals surface area contributed by atoms with Gasteiger partial charge in [0, 0.05) is 6.04 Å². The third kappa shape index (κ3) is 3.25. The van der Waals surface area contributed by atoms with E-state index in [1.165, 1.54) is 11.6 Å². The fraction of sp³-hybridized carbons (Fsp3) is 0.200. The van der Waals surface area contributed by atoms with E-state index in [9.17, 15) is 10.2 Å². The van der Waals surface area contributed by atoms with E-state index >= 15 is 0 Å². The quantitative estimate of drug-likeness (QED) is 0.721. The summed E-state index contributed by atoms with van der Waals surface area (Å²) in [5.74, 6) is -0.199. The average molecular weight is 243 g/mol. The minimum Gasteiger partial charge on any atom is -0.504 e. The first kappa shape index (κ1) is 12.5. The van der Waals surface area contributed by atoms with Crippen molar-refractivity contribution in [1.29, 1.82) is 0 Å². The molecule has 0 bridgehead atoms. The van der Waals surface area contributed by atoms with Crippen molar-refractivity contribution in [2.45, 2.75) is 18.9 Å². The molecular weight excluding hydrogens is 226 g/mol. The Bertz CT molecular complexity index is 511. The SMILES string of the molecule is NC(Cc1ccccc1)Cc1ccc(O)c(O)c1. The van der Waals surface area contributed by atoms with E-state index in [2.05, 4.69) is 0 Å². The van der Waals surface area contributed by atoms with E-state index in [0.29, 0.717) is 6.42 Å². The highest BCUT2D eigenvalue weighted by Gasteiger charge is 2.07. The molecule has 0 aliphatic rings. The molecule has 2 aromatic carbocycles. The first-order chi connectivity index (χ1) is 8.65. The summed E-state index contributed by atoms with van der Waals surface area (Å²) in [7, 11) is 0. The van der Waals surface area contributed by atoms with Crippen molar-refractivity contribution in [3.8, 4) is 11.5 Å². The number of hydrogen-bond donors (Lipinski definition) is 3. The maximum Gasteiger partial charge on any atom is 0.157 e. The van der Waals surface area contributed by atoms with Gasteiger partial charge in [-0.3, -0.25) is 0 Å². The molecule has 0 spiro atoms. The van der Waals surface area contributed by atoms with Gasteiger partial charge in [0.25, 0.3) is 0 Å². The maximum absolute atomic E-state index is 9.41. The lowest BCUT2D eigenvalue weighted by atomic mass is 9.99. The van der Waals surface area contributed by atoms with Crippen molar-refractivity contribution >= 4 is 0 Å². The molecule has 4 N–H and O–H groups in total. The van der Waals surface area contributed by atoms with Crippen molar-refractivity contribution in [2.24, 2.45) is 5.73 Å². The fourth-order valence-corrected chi connectivity index (χ4v) is 1.99. The second kappa shape index (κ2) is 5.56. The van der Waals surface area contributed by atoms with Gasteiger partial charge in [-0.2, -0.15) is 0 Å². The third-order valence-electron chi connectivity index (χ3n) is 2.88. The van der Waals surface area contributed by atoms with Crippen LogP contribution in [0.2, 0.25) is 0 Å². The van der Waals surface area contributed by atoms with Crippen LogP contribution in [0.1, 0.15) is 11.1 Å². The van der Waals surface area contributed by atoms with E-state index < -0.39 is 0 Å². The Morgan fingerprint density at radius 2 is 1.50 bits per heavy atom. The van der Waals surface area contributed by atoms with E-state index in [-0.39, 0.29) is 17.5 Å². The Kier molecular flexibility index (Phi) is 3.85. The molecule has 0 heterocycles. The molecule has 3 heteroatoms. The van der Waals surface area contributed by atoms with Crippen LogP contribution in [0.4, 0.5) is 0 Å². The van der Waals surface area contributed by atoms with Crippen molar-refractivity contribution in [1.82, 2.24) is 0 Å². The smallest absolute Gasteiger partial charge is 0.157 e. The van der Waals surface area contributed by atoms with Gasteiger partial charge in [0.1, 0.15) is 0 Å². The second-order valence-electron chi connectivity index (χ2n) is 4.48. The molecule has 0 saturated carbocycles. The Balaban J connectivity index is 1.99. The Hall–Kier alpha value is -2.00. The topological polar surface area (TPSA) is 66.5 Å². The molecule has 0 fully saturated rings. The van der Waals surface area contributed by atoms with Gasteiger partial charge in [-0.1, -0.05) is 36.4 Å². The second-order valence-corrected chi connectivity index (χ2v) is 4.48. The molecule has 0 aliphatic heterocycles. The van der Waals surface area contributed by atoms with Crippen molar-refractivity contribution in [3.63, 3.8) is 0 Å². The molecule has 0 saturated heterocycles. The van der Waals surface area contributed by atoms with Gasteiger partial charge < -0.3 is 15.9 Å². The van der Waals surface area contributed by atoms with E-state index in [4.69, 9.17) is 5.73 Å². The molecule has 2 aromatic rings. The number of phenols is 2. The van der Waals surface area contributed by atoms with Gasteiger partial charge in [0.2, 0.25) is 0 Å². The summed E-state index contributed by atoms with van der Waals surface area (Å²) in [6, 6.07) is 14.9. The molecule has 1 atom stereocenters. The molecule has 94 valence electrons. The van der Waals surface area contributed by atoms with Crippen molar-refractivity contribution in [3.05, 3.63) is 59.7 Å². The van der Waals surface area contributed by atoms with Crippen LogP contribution in [0.3, 0.4) is 0 Å². The van der Waals surface area contributed by atoms with Gasteiger partial charge >= 0.3 is 0 Å². The minimum atomic E-state index is -0.101. The standard InChI is InChI=1S/C15H17NO2/c16-13(8-11-4-2-1-3-5-11)9-12-6-7-14(17)15(18)10-12/h1-7,10,13,17-18H,8-9,16H2. The highest BCUT2D eigenvalue weighted by molar-refractivity contribution is 5.40. The molecule has 3 nitrogen and oxygen atoms in total. The summed E-state index contributed by atoms with van der Waals surface area (Å²) in [6.07, 6.45) is 1.46. The molecule has 2 rings (SSSR count). The summed E-state index contributed by atoms with van der Waals surface area (Å²) in [5.41, 5.74) is 8.21. The predicted molar refractivity (Wildman–Crippen MR) is 71.6 cm³/mol. The number of aromatic hydroxyl groups is 2. The van der Waals surface area contributed by atoms with Crippen molar-refractivity contribution in [2.75, 3.05) is 0 Å². The van der Waals surface area contributed by atoms with Crippen molar-refractivity contribution < 1.29 is 10.2 Å². The Morgan fingerprint density at radius 3 is 2.17 bits per heavy atom. The number of hydrogen-bond acceptors (Lipinski definition) is 3. The van der Waals surface area contributed by atoms with Gasteiger partial charge in [-0.05, 0) is 36.1 Å². The first-order valence-corrected chi connectivity index (χ1v) is 5.95. The molecule has 18 heavy (non-hydrogen) atoms. The molecule has 0 radical (unpaired) electrons. The number of phenolic OH excluding ortho intramolecular Hbond substituents is 2. The number of rotatable bonds is 4. The van der Waals surface area contributed by atoms with E-state index in [1.807, 2.05) is 30.3 Å². The van der Waals surface area contributed by atoms with Crippen LogP contribution in [0, 0.1) is 0 Å². The van der Waals surface area contributed by atoms with Gasteiger partial charge in [-0.25, -0.2) is 0 Å². The van der Waals surface area contributed by atoms with Crippen LogP contribution in [-0.4, -0.2) is 16.3 Å². The predicted octanol–water partition coefficient (Wildman–Crippen LogP) is 2.21. The molecule has 0 aromatic heterocycles. The van der Waals surface area contributed by atoms with Crippen LogP contribution < -0.4 is 5.73 Å². The highest BCUT2D eigenvalue weighted by Crippen LogP contribution is 2.25. The van der Waals surface area contributed by atoms with Gasteiger partial charge in [0.05, 0.1) is 0 Å². The van der Waals surface area contributed by atoms with Crippen LogP contribution in [0.5, 0.6) is 11.5 Å². The van der Waals surface area contributed by atoms with Crippen LogP contribution in [0.15, 0.2) is 48.5 Å². The maximum atomic E-state index is 9.41. The van der Waals surface area contributed by atoms with Crippen LogP contribution >= 0.6 is 0 Å². The summed E-state index contributed by atoms with van der Waals surface area (Å²) in [6.45, 7) is 0. The lowest BCUT2D eigenvalue weighted by Crippen LogP contribution is -2.25. The fourth-order valence-electron chi connectivity index (χ4n) is 1.99. The van der Waals surface area contributed by atoms with Crippen LogP contribution in [0.25, 0.3) is 0 Å². The van der Waals surface area contributed by atoms with Gasteiger partial charge in [0.15, 0.2) is 11.5 Å². The first-order valence-electron chi connectivity index (χ1n) is 5.95. The minimum absolute atomic E-state index is 0.00339. The zero-order valence-electron chi connectivity index (χ0n) is 10.1. The van der Waals surface area contributed by atoms with Crippen LogP contribution in [-0.2, 0) is 12.8 Å². The third-order valence-corrected chi connectivity index (χ3v) is 2.88. The lowest BCUT2D eigenvalue weighted by Gasteiger charge is -2.12. The molecule has 1 unspecified atom stereocenters. The highest BCUT2D eigenvalue weighted by atomic mass is 16.3.